The number of hydrogen-bond donors (Lipinski definition) is 0. The van der Waals surface area contributed by atoms with Crippen molar-refractivity contribution in [1.82, 2.24) is 14.7 Å². The monoisotopic (exact) mass is 391 g/mol. The minimum Gasteiger partial charge on any atom is -0.300 e. The number of carbonyl (C=O) groups excluding carboxylic acids is 2. The van der Waals surface area contributed by atoms with Gasteiger partial charge in [-0.1, -0.05) is 42.5 Å². The largest absolute Gasteiger partial charge is 0.300 e. The van der Waals surface area contributed by atoms with Crippen LogP contribution in [0.1, 0.15) is 46.5 Å². The van der Waals surface area contributed by atoms with Gasteiger partial charge in [0.2, 0.25) is 0 Å². The quantitative estimate of drug-likeness (QED) is 0.709. The van der Waals surface area contributed by atoms with E-state index in [-0.39, 0.29) is 11.8 Å². The number of benzene rings is 2. The molecule has 0 aromatic heterocycles. The van der Waals surface area contributed by atoms with Gasteiger partial charge in [-0.2, -0.15) is 0 Å². The van der Waals surface area contributed by atoms with E-state index in [2.05, 4.69) is 54.0 Å². The van der Waals surface area contributed by atoms with Crippen LogP contribution in [0, 0.1) is 0 Å². The van der Waals surface area contributed by atoms with Gasteiger partial charge in [0.1, 0.15) is 0 Å². The second-order valence-corrected chi connectivity index (χ2v) is 8.28. The van der Waals surface area contributed by atoms with Crippen LogP contribution in [0.4, 0.5) is 0 Å². The minimum atomic E-state index is -0.153. The molecule has 0 saturated carbocycles. The average molecular weight is 392 g/mol. The molecule has 2 aromatic rings. The summed E-state index contributed by atoms with van der Waals surface area (Å²) in [6.07, 6.45) is 0.809. The van der Waals surface area contributed by atoms with E-state index in [1.54, 1.807) is 12.1 Å². The summed E-state index contributed by atoms with van der Waals surface area (Å²) in [5, 5.41) is 0. The molecular weight excluding hydrogens is 362 g/mol. The topological polar surface area (TPSA) is 43.9 Å². The van der Waals surface area contributed by atoms with Gasteiger partial charge < -0.3 is 4.90 Å². The van der Waals surface area contributed by atoms with Crippen molar-refractivity contribution in [3.63, 3.8) is 0 Å². The van der Waals surface area contributed by atoms with Crippen molar-refractivity contribution in [3.05, 3.63) is 71.3 Å². The Labute approximate surface area is 172 Å². The van der Waals surface area contributed by atoms with E-state index in [1.165, 1.54) is 10.5 Å². The summed E-state index contributed by atoms with van der Waals surface area (Å²) in [4.78, 5) is 31.4. The Morgan fingerprint density at radius 1 is 0.793 bits per heavy atom. The number of amides is 2. The first-order chi connectivity index (χ1) is 14.0. The van der Waals surface area contributed by atoms with E-state index in [9.17, 15) is 9.59 Å². The highest BCUT2D eigenvalue weighted by molar-refractivity contribution is 6.21. The Balaban J connectivity index is 1.29. The van der Waals surface area contributed by atoms with Crippen LogP contribution in [-0.4, -0.2) is 64.8 Å². The molecule has 2 aromatic carbocycles. The second-order valence-electron chi connectivity index (χ2n) is 8.28. The molecule has 152 valence electrons. The van der Waals surface area contributed by atoms with Crippen molar-refractivity contribution >= 4 is 11.8 Å². The maximum Gasteiger partial charge on any atom is 0.261 e. The van der Waals surface area contributed by atoms with Gasteiger partial charge >= 0.3 is 0 Å². The van der Waals surface area contributed by atoms with E-state index in [0.717, 1.165) is 32.6 Å². The van der Waals surface area contributed by atoms with Crippen molar-refractivity contribution in [1.29, 1.82) is 0 Å². The lowest BCUT2D eigenvalue weighted by molar-refractivity contribution is 0.0308. The molecule has 1 saturated heterocycles. The summed E-state index contributed by atoms with van der Waals surface area (Å²) in [6.45, 7) is 8.97. The van der Waals surface area contributed by atoms with Crippen LogP contribution in [0.3, 0.4) is 0 Å². The van der Waals surface area contributed by atoms with Gasteiger partial charge in [0, 0.05) is 38.3 Å². The van der Waals surface area contributed by atoms with E-state index >= 15 is 0 Å². The van der Waals surface area contributed by atoms with Crippen LogP contribution in [0.2, 0.25) is 0 Å². The molecule has 2 unspecified atom stereocenters. The smallest absolute Gasteiger partial charge is 0.261 e. The lowest BCUT2D eigenvalue weighted by Gasteiger charge is -2.44. The number of carbonyl (C=O) groups is 2. The fourth-order valence-electron chi connectivity index (χ4n) is 4.65. The van der Waals surface area contributed by atoms with E-state index in [1.807, 2.05) is 12.1 Å². The number of rotatable bonds is 6. The summed E-state index contributed by atoms with van der Waals surface area (Å²) < 4.78 is 0. The molecule has 0 bridgehead atoms. The van der Waals surface area contributed by atoms with Crippen molar-refractivity contribution in [2.45, 2.75) is 38.9 Å². The molecule has 5 heteroatoms. The molecule has 0 N–H and O–H groups in total. The van der Waals surface area contributed by atoms with Gasteiger partial charge in [-0.05, 0) is 44.5 Å². The third-order valence-corrected chi connectivity index (χ3v) is 6.12. The molecule has 5 nitrogen and oxygen atoms in total. The molecule has 2 atom stereocenters. The summed E-state index contributed by atoms with van der Waals surface area (Å²) in [6, 6.07) is 18.7. The van der Waals surface area contributed by atoms with E-state index in [0.29, 0.717) is 29.8 Å². The SMILES string of the molecule is CC1CN(CCCN2C(=O)c3ccccc3C2=O)CC(C)N1Cc1ccccc1. The molecule has 2 amide bonds. The maximum absolute atomic E-state index is 12.5. The van der Waals surface area contributed by atoms with Crippen LogP contribution >= 0.6 is 0 Å². The lowest BCUT2D eigenvalue weighted by Crippen LogP contribution is -2.56. The molecule has 29 heavy (non-hydrogen) atoms. The highest BCUT2D eigenvalue weighted by Crippen LogP contribution is 2.23. The van der Waals surface area contributed by atoms with Gasteiger partial charge in [-0.3, -0.25) is 19.4 Å². The second kappa shape index (κ2) is 8.47. The van der Waals surface area contributed by atoms with Crippen LogP contribution in [0.15, 0.2) is 54.6 Å². The van der Waals surface area contributed by atoms with Gasteiger partial charge in [-0.15, -0.1) is 0 Å². The highest BCUT2D eigenvalue weighted by Gasteiger charge is 2.35. The number of fused-ring (bicyclic) bond motifs is 1. The predicted molar refractivity (Wildman–Crippen MR) is 114 cm³/mol. The third kappa shape index (κ3) is 4.11. The first-order valence-electron chi connectivity index (χ1n) is 10.5. The zero-order chi connectivity index (χ0) is 20.4. The molecule has 0 radical (unpaired) electrons. The number of piperazine rings is 1. The molecular formula is C24H29N3O2. The zero-order valence-corrected chi connectivity index (χ0v) is 17.3. The van der Waals surface area contributed by atoms with E-state index in [4.69, 9.17) is 0 Å². The molecule has 0 spiro atoms. The standard InChI is InChI=1S/C24H29N3O2/c1-18-15-25(16-19(2)27(18)17-20-9-4-3-5-10-20)13-8-14-26-23(28)21-11-6-7-12-22(21)24(26)29/h3-7,9-12,18-19H,8,13-17H2,1-2H3. The number of hydrogen-bond acceptors (Lipinski definition) is 4. The van der Waals surface area contributed by atoms with Crippen molar-refractivity contribution in [2.24, 2.45) is 0 Å². The Morgan fingerprint density at radius 3 is 1.93 bits per heavy atom. The van der Waals surface area contributed by atoms with Crippen molar-refractivity contribution in [2.75, 3.05) is 26.2 Å². The molecule has 2 aliphatic heterocycles. The fraction of sp³-hybridized carbons (Fsp3) is 0.417. The molecule has 2 heterocycles. The van der Waals surface area contributed by atoms with Crippen molar-refractivity contribution in [3.8, 4) is 0 Å². The fourth-order valence-corrected chi connectivity index (χ4v) is 4.65. The third-order valence-electron chi connectivity index (χ3n) is 6.12. The molecule has 1 fully saturated rings. The predicted octanol–water partition coefficient (Wildman–Crippen LogP) is 3.27. The number of imide groups is 1. The Hall–Kier alpha value is -2.50. The Bertz CT molecular complexity index is 836. The van der Waals surface area contributed by atoms with Crippen molar-refractivity contribution < 1.29 is 9.59 Å². The lowest BCUT2D eigenvalue weighted by atomic mass is 10.1. The van der Waals surface area contributed by atoms with Gasteiger partial charge in [0.25, 0.3) is 11.8 Å². The van der Waals surface area contributed by atoms with Gasteiger partial charge in [-0.25, -0.2) is 0 Å². The minimum absolute atomic E-state index is 0.153. The molecule has 2 aliphatic rings. The average Bonchev–Trinajstić information content (AvgIpc) is 2.97. The molecule has 4 rings (SSSR count). The van der Waals surface area contributed by atoms with Crippen LogP contribution in [0.25, 0.3) is 0 Å². The first kappa shape index (κ1) is 19.8. The summed E-state index contributed by atoms with van der Waals surface area (Å²) in [5.41, 5.74) is 2.42. The maximum atomic E-state index is 12.5. The summed E-state index contributed by atoms with van der Waals surface area (Å²) in [7, 11) is 0. The molecule has 0 aliphatic carbocycles. The van der Waals surface area contributed by atoms with Crippen LogP contribution in [-0.2, 0) is 6.54 Å². The summed E-state index contributed by atoms with van der Waals surface area (Å²) in [5.74, 6) is -0.306. The van der Waals surface area contributed by atoms with Crippen LogP contribution < -0.4 is 0 Å². The highest BCUT2D eigenvalue weighted by atomic mass is 16.2. The Kier molecular flexibility index (Phi) is 5.79. The van der Waals surface area contributed by atoms with Gasteiger partial charge in [0.05, 0.1) is 11.1 Å². The number of nitrogens with zero attached hydrogens (tertiary/aromatic N) is 3. The summed E-state index contributed by atoms with van der Waals surface area (Å²) >= 11 is 0. The van der Waals surface area contributed by atoms with Crippen LogP contribution in [0.5, 0.6) is 0 Å². The first-order valence-corrected chi connectivity index (χ1v) is 10.5. The van der Waals surface area contributed by atoms with E-state index < -0.39 is 0 Å². The van der Waals surface area contributed by atoms with Gasteiger partial charge in [0.15, 0.2) is 0 Å². The Morgan fingerprint density at radius 2 is 1.34 bits per heavy atom. The normalized spacial score (nSPS) is 22.9. The zero-order valence-electron chi connectivity index (χ0n) is 17.3.